The highest BCUT2D eigenvalue weighted by molar-refractivity contribution is 4.81. The first-order chi connectivity index (χ1) is 7.76. The molecule has 0 aromatic carbocycles. The maximum absolute atomic E-state index is 5.89. The van der Waals surface area contributed by atoms with Gasteiger partial charge in [-0.1, -0.05) is 34.1 Å². The van der Waals surface area contributed by atoms with E-state index in [9.17, 15) is 0 Å². The Kier molecular flexibility index (Phi) is 10.0. The number of hydrogen-bond donors (Lipinski definition) is 2. The molecule has 0 aliphatic heterocycles. The van der Waals surface area contributed by atoms with Gasteiger partial charge in [0.25, 0.3) is 0 Å². The summed E-state index contributed by atoms with van der Waals surface area (Å²) in [4.78, 5) is 0. The van der Waals surface area contributed by atoms with Crippen molar-refractivity contribution in [1.29, 1.82) is 0 Å². The van der Waals surface area contributed by atoms with E-state index in [2.05, 4.69) is 19.2 Å². The summed E-state index contributed by atoms with van der Waals surface area (Å²) in [5.74, 6) is 0. The fourth-order valence-electron chi connectivity index (χ4n) is 2.37. The molecule has 98 valence electrons. The van der Waals surface area contributed by atoms with Crippen molar-refractivity contribution in [2.75, 3.05) is 0 Å². The zero-order valence-corrected chi connectivity index (χ0v) is 11.8. The minimum absolute atomic E-state index is 0.472. The van der Waals surface area contributed by atoms with E-state index in [4.69, 9.17) is 5.73 Å². The first-order valence-corrected chi connectivity index (χ1v) is 7.27. The topological polar surface area (TPSA) is 38.0 Å². The first kappa shape index (κ1) is 15.9. The second-order valence-electron chi connectivity index (χ2n) is 4.67. The number of nitrogens with one attached hydrogen (secondary N) is 1. The lowest BCUT2D eigenvalue weighted by Gasteiger charge is -2.30. The molecule has 3 N–H and O–H groups in total. The van der Waals surface area contributed by atoms with Crippen molar-refractivity contribution in [1.82, 2.24) is 5.32 Å². The number of hydrogen-bond acceptors (Lipinski definition) is 2. The van der Waals surface area contributed by atoms with Gasteiger partial charge < -0.3 is 11.1 Å². The Morgan fingerprint density at radius 3 is 2.12 bits per heavy atom. The van der Waals surface area contributed by atoms with Crippen molar-refractivity contribution >= 4 is 0 Å². The van der Waals surface area contributed by atoms with Crippen LogP contribution in [0.2, 0.25) is 0 Å². The lowest BCUT2D eigenvalue weighted by atomic mass is 9.91. The Morgan fingerprint density at radius 1 is 1.12 bits per heavy atom. The molecule has 1 fully saturated rings. The molecule has 0 heterocycles. The molecule has 1 atom stereocenters. The highest BCUT2D eigenvalue weighted by atomic mass is 15.0. The summed E-state index contributed by atoms with van der Waals surface area (Å²) in [5, 5.41) is 3.77. The van der Waals surface area contributed by atoms with Crippen LogP contribution < -0.4 is 11.1 Å². The largest absolute Gasteiger partial charge is 0.328 e. The van der Waals surface area contributed by atoms with Gasteiger partial charge in [0.2, 0.25) is 0 Å². The van der Waals surface area contributed by atoms with E-state index < -0.39 is 0 Å². The summed E-state index contributed by atoms with van der Waals surface area (Å²) in [5.41, 5.74) is 5.89. The van der Waals surface area contributed by atoms with Gasteiger partial charge in [0.05, 0.1) is 0 Å². The molecule has 1 saturated carbocycles. The summed E-state index contributed by atoms with van der Waals surface area (Å²) >= 11 is 0. The van der Waals surface area contributed by atoms with Crippen molar-refractivity contribution < 1.29 is 0 Å². The third-order valence-electron chi connectivity index (χ3n) is 3.37. The van der Waals surface area contributed by atoms with Gasteiger partial charge in [0, 0.05) is 18.1 Å². The van der Waals surface area contributed by atoms with Crippen LogP contribution in [0, 0.1) is 0 Å². The lowest BCUT2D eigenvalue weighted by molar-refractivity contribution is 0.303. The van der Waals surface area contributed by atoms with Gasteiger partial charge in [-0.25, -0.2) is 0 Å². The molecule has 0 amide bonds. The molecule has 1 aliphatic rings. The molecular formula is C14H32N2. The molecule has 0 spiro atoms. The predicted molar refractivity (Wildman–Crippen MR) is 73.7 cm³/mol. The minimum Gasteiger partial charge on any atom is -0.328 e. The molecule has 0 bridgehead atoms. The molecule has 0 radical (unpaired) electrons. The third kappa shape index (κ3) is 6.49. The Labute approximate surface area is 102 Å². The normalized spacial score (nSPS) is 26.8. The van der Waals surface area contributed by atoms with Crippen LogP contribution in [-0.2, 0) is 0 Å². The molecular weight excluding hydrogens is 196 g/mol. The maximum atomic E-state index is 5.89. The quantitative estimate of drug-likeness (QED) is 0.756. The fourth-order valence-corrected chi connectivity index (χ4v) is 2.37. The molecule has 2 heteroatoms. The van der Waals surface area contributed by atoms with E-state index in [-0.39, 0.29) is 0 Å². The molecule has 2 nitrogen and oxygen atoms in total. The van der Waals surface area contributed by atoms with Crippen molar-refractivity contribution in [3.63, 3.8) is 0 Å². The lowest BCUT2D eigenvalue weighted by Crippen LogP contribution is -2.42. The molecule has 1 rings (SSSR count). The Morgan fingerprint density at radius 2 is 1.69 bits per heavy atom. The summed E-state index contributed by atoms with van der Waals surface area (Å²) in [6, 6.07) is 1.95. The summed E-state index contributed by atoms with van der Waals surface area (Å²) in [6.45, 7) is 8.54. The van der Waals surface area contributed by atoms with Gasteiger partial charge in [-0.2, -0.15) is 0 Å². The average Bonchev–Trinajstić information content (AvgIpc) is 2.34. The summed E-state index contributed by atoms with van der Waals surface area (Å²) in [6.07, 6.45) is 8.84. The van der Waals surface area contributed by atoms with E-state index in [1.54, 1.807) is 0 Å². The van der Waals surface area contributed by atoms with Gasteiger partial charge in [-0.3, -0.25) is 0 Å². The van der Waals surface area contributed by atoms with E-state index in [1.165, 1.54) is 44.9 Å². The second-order valence-corrected chi connectivity index (χ2v) is 4.67. The van der Waals surface area contributed by atoms with E-state index >= 15 is 0 Å². The van der Waals surface area contributed by atoms with Crippen molar-refractivity contribution in [3.8, 4) is 0 Å². The maximum Gasteiger partial charge on any atom is 0.00708 e. The van der Waals surface area contributed by atoms with Crippen molar-refractivity contribution in [3.05, 3.63) is 0 Å². The smallest absolute Gasteiger partial charge is 0.00708 e. The average molecular weight is 228 g/mol. The molecule has 0 aromatic rings. The molecule has 0 aromatic heterocycles. The van der Waals surface area contributed by atoms with E-state index in [1.807, 2.05) is 13.8 Å². The van der Waals surface area contributed by atoms with Crippen LogP contribution in [0.25, 0.3) is 0 Å². The zero-order chi connectivity index (χ0) is 12.4. The minimum atomic E-state index is 0.472. The Hall–Kier alpha value is -0.0800. The van der Waals surface area contributed by atoms with Crippen LogP contribution in [-0.4, -0.2) is 18.1 Å². The monoisotopic (exact) mass is 228 g/mol. The SMILES string of the molecule is CC.CCCC(CC)NC1CCC(N)CC1. The van der Waals surface area contributed by atoms with Crippen molar-refractivity contribution in [2.45, 2.75) is 90.8 Å². The first-order valence-electron chi connectivity index (χ1n) is 7.27. The highest BCUT2D eigenvalue weighted by Gasteiger charge is 2.19. The van der Waals surface area contributed by atoms with Gasteiger partial charge in [0.15, 0.2) is 0 Å². The van der Waals surface area contributed by atoms with Crippen LogP contribution in [0.15, 0.2) is 0 Å². The van der Waals surface area contributed by atoms with Gasteiger partial charge >= 0.3 is 0 Å². The summed E-state index contributed by atoms with van der Waals surface area (Å²) in [7, 11) is 0. The predicted octanol–water partition coefficient (Wildman–Crippen LogP) is 3.45. The van der Waals surface area contributed by atoms with E-state index in [0.717, 1.165) is 12.1 Å². The number of rotatable bonds is 5. The highest BCUT2D eigenvalue weighted by Crippen LogP contribution is 2.18. The van der Waals surface area contributed by atoms with Crippen LogP contribution >= 0.6 is 0 Å². The summed E-state index contributed by atoms with van der Waals surface area (Å²) < 4.78 is 0. The Balaban J connectivity index is 0.00000106. The van der Waals surface area contributed by atoms with Crippen LogP contribution in [0.1, 0.15) is 72.6 Å². The Bertz CT molecular complexity index is 140. The van der Waals surface area contributed by atoms with E-state index in [0.29, 0.717) is 6.04 Å². The standard InChI is InChI=1S/C12H26N2.C2H6/c1-3-5-11(4-2)14-12-8-6-10(13)7-9-12;1-2/h10-12,14H,3-9,13H2,1-2H3;1-2H3. The number of nitrogens with two attached hydrogens (primary N) is 1. The van der Waals surface area contributed by atoms with Gasteiger partial charge in [-0.05, 0) is 38.5 Å². The third-order valence-corrected chi connectivity index (χ3v) is 3.37. The fraction of sp³-hybridized carbons (Fsp3) is 1.00. The van der Waals surface area contributed by atoms with Crippen LogP contribution in [0.5, 0.6) is 0 Å². The van der Waals surface area contributed by atoms with Gasteiger partial charge in [0.1, 0.15) is 0 Å². The molecule has 0 saturated heterocycles. The van der Waals surface area contributed by atoms with Crippen molar-refractivity contribution in [2.24, 2.45) is 5.73 Å². The van der Waals surface area contributed by atoms with Gasteiger partial charge in [-0.15, -0.1) is 0 Å². The van der Waals surface area contributed by atoms with Crippen LogP contribution in [0.4, 0.5) is 0 Å². The second kappa shape index (κ2) is 10.1. The molecule has 16 heavy (non-hydrogen) atoms. The van der Waals surface area contributed by atoms with Crippen LogP contribution in [0.3, 0.4) is 0 Å². The zero-order valence-electron chi connectivity index (χ0n) is 11.8. The molecule has 1 aliphatic carbocycles. The molecule has 1 unspecified atom stereocenters.